The fourth-order valence-corrected chi connectivity index (χ4v) is 2.18. The van der Waals surface area contributed by atoms with Gasteiger partial charge >= 0.3 is 0 Å². The summed E-state index contributed by atoms with van der Waals surface area (Å²) in [5, 5.41) is 8.95. The summed E-state index contributed by atoms with van der Waals surface area (Å²) in [5.74, 6) is 0. The lowest BCUT2D eigenvalue weighted by molar-refractivity contribution is 0.198. The Balaban J connectivity index is 2.09. The molecule has 0 saturated carbocycles. The van der Waals surface area contributed by atoms with Crippen molar-refractivity contribution < 1.29 is 5.11 Å². The first-order chi connectivity index (χ1) is 8.14. The molecule has 0 aliphatic rings. The van der Waals surface area contributed by atoms with Gasteiger partial charge in [-0.25, -0.2) is 0 Å². The van der Waals surface area contributed by atoms with Crippen molar-refractivity contribution in [3.8, 4) is 0 Å². The highest BCUT2D eigenvalue weighted by Gasteiger charge is 2.15. The van der Waals surface area contributed by atoms with Crippen LogP contribution in [-0.2, 0) is 6.42 Å². The summed E-state index contributed by atoms with van der Waals surface area (Å²) in [6.07, 6.45) is 7.19. The molecule has 1 rings (SSSR count). The highest BCUT2D eigenvalue weighted by molar-refractivity contribution is 5.14. The van der Waals surface area contributed by atoms with E-state index in [4.69, 9.17) is 5.11 Å². The maximum atomic E-state index is 8.95. The summed E-state index contributed by atoms with van der Waals surface area (Å²) in [7, 11) is 0. The molecule has 0 atom stereocenters. The van der Waals surface area contributed by atoms with E-state index in [9.17, 15) is 0 Å². The molecule has 0 bridgehead atoms. The van der Waals surface area contributed by atoms with Gasteiger partial charge in [-0.1, -0.05) is 57.0 Å². The van der Waals surface area contributed by atoms with E-state index in [2.05, 4.69) is 44.2 Å². The van der Waals surface area contributed by atoms with E-state index in [0.29, 0.717) is 12.0 Å². The highest BCUT2D eigenvalue weighted by Crippen LogP contribution is 2.27. The minimum atomic E-state index is 0.307. The summed E-state index contributed by atoms with van der Waals surface area (Å²) >= 11 is 0. The molecule has 0 unspecified atom stereocenters. The van der Waals surface area contributed by atoms with Gasteiger partial charge in [0.25, 0.3) is 0 Å². The van der Waals surface area contributed by atoms with Crippen LogP contribution in [-0.4, -0.2) is 11.7 Å². The third-order valence-electron chi connectivity index (χ3n) is 3.45. The predicted octanol–water partition coefficient (Wildman–Crippen LogP) is 4.20. The standard InChI is InChI=1S/C16H26O/c1-16(2,13-14-17)12-8-4-7-11-15-9-5-3-6-10-15/h3,5-6,9-10,17H,4,7-8,11-14H2,1-2H3. The second-order valence-electron chi connectivity index (χ2n) is 5.68. The molecule has 0 heterocycles. The maximum Gasteiger partial charge on any atom is 0.0436 e. The first-order valence-corrected chi connectivity index (χ1v) is 6.79. The topological polar surface area (TPSA) is 20.2 Å². The Hall–Kier alpha value is -0.820. The van der Waals surface area contributed by atoms with E-state index >= 15 is 0 Å². The molecule has 0 aromatic heterocycles. The normalized spacial score (nSPS) is 11.7. The summed E-state index contributed by atoms with van der Waals surface area (Å²) < 4.78 is 0. The lowest BCUT2D eigenvalue weighted by Gasteiger charge is -2.23. The van der Waals surface area contributed by atoms with Gasteiger partial charge in [-0.2, -0.15) is 0 Å². The van der Waals surface area contributed by atoms with Gasteiger partial charge in [0.2, 0.25) is 0 Å². The Morgan fingerprint density at radius 1 is 0.941 bits per heavy atom. The summed E-state index contributed by atoms with van der Waals surface area (Å²) in [6.45, 7) is 4.82. The Labute approximate surface area is 106 Å². The van der Waals surface area contributed by atoms with Crippen molar-refractivity contribution in [3.05, 3.63) is 35.9 Å². The molecule has 1 heteroatoms. The van der Waals surface area contributed by atoms with E-state index < -0.39 is 0 Å². The zero-order valence-electron chi connectivity index (χ0n) is 11.3. The molecule has 1 nitrogen and oxygen atoms in total. The van der Waals surface area contributed by atoms with Crippen molar-refractivity contribution in [2.75, 3.05) is 6.61 Å². The zero-order valence-corrected chi connectivity index (χ0v) is 11.3. The van der Waals surface area contributed by atoms with Crippen LogP contribution in [0.15, 0.2) is 30.3 Å². The molecule has 0 amide bonds. The van der Waals surface area contributed by atoms with E-state index in [-0.39, 0.29) is 0 Å². The Bertz CT molecular complexity index is 290. The van der Waals surface area contributed by atoms with Gasteiger partial charge in [-0.05, 0) is 36.7 Å². The molecule has 0 radical (unpaired) electrons. The average Bonchev–Trinajstić information content (AvgIpc) is 2.30. The van der Waals surface area contributed by atoms with Crippen LogP contribution in [0.3, 0.4) is 0 Å². The van der Waals surface area contributed by atoms with Crippen LogP contribution < -0.4 is 0 Å². The average molecular weight is 234 g/mol. The van der Waals surface area contributed by atoms with Gasteiger partial charge in [0.15, 0.2) is 0 Å². The third kappa shape index (κ3) is 6.48. The molecule has 96 valence electrons. The number of aliphatic hydroxyl groups is 1. The molecule has 0 aliphatic heterocycles. The fourth-order valence-electron chi connectivity index (χ4n) is 2.18. The van der Waals surface area contributed by atoms with Crippen molar-refractivity contribution in [2.24, 2.45) is 5.41 Å². The van der Waals surface area contributed by atoms with Crippen molar-refractivity contribution >= 4 is 0 Å². The van der Waals surface area contributed by atoms with E-state index in [1.165, 1.54) is 37.7 Å². The van der Waals surface area contributed by atoms with Gasteiger partial charge in [0.1, 0.15) is 0 Å². The van der Waals surface area contributed by atoms with Crippen LogP contribution in [0.1, 0.15) is 51.5 Å². The lowest BCUT2D eigenvalue weighted by Crippen LogP contribution is -2.13. The number of hydrogen-bond donors (Lipinski definition) is 1. The van der Waals surface area contributed by atoms with Crippen molar-refractivity contribution in [1.82, 2.24) is 0 Å². The minimum Gasteiger partial charge on any atom is -0.396 e. The van der Waals surface area contributed by atoms with Crippen molar-refractivity contribution in [1.29, 1.82) is 0 Å². The van der Waals surface area contributed by atoms with E-state index in [1.807, 2.05) is 0 Å². The first-order valence-electron chi connectivity index (χ1n) is 6.79. The number of aliphatic hydroxyl groups excluding tert-OH is 1. The van der Waals surface area contributed by atoms with Gasteiger partial charge in [0.05, 0.1) is 0 Å². The fraction of sp³-hybridized carbons (Fsp3) is 0.625. The second kappa shape index (κ2) is 7.50. The molecule has 0 saturated heterocycles. The largest absolute Gasteiger partial charge is 0.396 e. The summed E-state index contributed by atoms with van der Waals surface area (Å²) in [5.41, 5.74) is 1.75. The lowest BCUT2D eigenvalue weighted by atomic mass is 9.84. The quantitative estimate of drug-likeness (QED) is 0.668. The molecule has 0 spiro atoms. The van der Waals surface area contributed by atoms with Crippen molar-refractivity contribution in [2.45, 2.75) is 52.4 Å². The molecule has 17 heavy (non-hydrogen) atoms. The van der Waals surface area contributed by atoms with Crippen LogP contribution in [0.2, 0.25) is 0 Å². The highest BCUT2D eigenvalue weighted by atomic mass is 16.3. The number of benzene rings is 1. The number of rotatable bonds is 8. The molecule has 0 fully saturated rings. The second-order valence-corrected chi connectivity index (χ2v) is 5.68. The van der Waals surface area contributed by atoms with Crippen LogP contribution in [0.25, 0.3) is 0 Å². The molecular weight excluding hydrogens is 208 g/mol. The van der Waals surface area contributed by atoms with Gasteiger partial charge in [-0.3, -0.25) is 0 Å². The summed E-state index contributed by atoms with van der Waals surface area (Å²) in [6, 6.07) is 10.7. The van der Waals surface area contributed by atoms with Crippen LogP contribution >= 0.6 is 0 Å². The monoisotopic (exact) mass is 234 g/mol. The maximum absolute atomic E-state index is 8.95. The SMILES string of the molecule is CC(C)(CCO)CCCCCc1ccccc1. The number of hydrogen-bond acceptors (Lipinski definition) is 1. The smallest absolute Gasteiger partial charge is 0.0436 e. The summed E-state index contributed by atoms with van der Waals surface area (Å²) in [4.78, 5) is 0. The molecule has 1 aromatic carbocycles. The Morgan fingerprint density at radius 3 is 2.29 bits per heavy atom. The third-order valence-corrected chi connectivity index (χ3v) is 3.45. The Kier molecular flexibility index (Phi) is 6.28. The van der Waals surface area contributed by atoms with Crippen molar-refractivity contribution in [3.63, 3.8) is 0 Å². The minimum absolute atomic E-state index is 0.307. The van der Waals surface area contributed by atoms with Gasteiger partial charge in [-0.15, -0.1) is 0 Å². The number of unbranched alkanes of at least 4 members (excludes halogenated alkanes) is 2. The predicted molar refractivity (Wildman–Crippen MR) is 74.1 cm³/mol. The van der Waals surface area contributed by atoms with Crippen LogP contribution in [0, 0.1) is 5.41 Å². The molecule has 0 aliphatic carbocycles. The van der Waals surface area contributed by atoms with E-state index in [0.717, 1.165) is 6.42 Å². The molecule has 1 aromatic rings. The van der Waals surface area contributed by atoms with Gasteiger partial charge < -0.3 is 5.11 Å². The van der Waals surface area contributed by atoms with Crippen LogP contribution in [0.5, 0.6) is 0 Å². The molecule has 1 N–H and O–H groups in total. The zero-order chi connectivity index (χ0) is 12.6. The number of aryl methyl sites for hydroxylation is 1. The van der Waals surface area contributed by atoms with Gasteiger partial charge in [0, 0.05) is 6.61 Å². The van der Waals surface area contributed by atoms with E-state index in [1.54, 1.807) is 0 Å². The Morgan fingerprint density at radius 2 is 1.65 bits per heavy atom. The van der Waals surface area contributed by atoms with Crippen LogP contribution in [0.4, 0.5) is 0 Å². The molecular formula is C16H26O. The first kappa shape index (κ1) is 14.2.